The van der Waals surface area contributed by atoms with Crippen molar-refractivity contribution in [3.8, 4) is 0 Å². The van der Waals surface area contributed by atoms with Gasteiger partial charge < -0.3 is 5.11 Å². The SMILES string of the molecule is CC(C)=CCC[C@@H](C)C1=CC[C@@]2(C)C3CC[C@H]4C(C)(C)[C@@H](O)CC[C@@]45C[C@@]35CC[C@]12C. The van der Waals surface area contributed by atoms with E-state index < -0.39 is 0 Å². The molecule has 8 atom stereocenters. The summed E-state index contributed by atoms with van der Waals surface area (Å²) < 4.78 is 0. The van der Waals surface area contributed by atoms with Gasteiger partial charge in [0.05, 0.1) is 6.10 Å². The highest BCUT2D eigenvalue weighted by Crippen LogP contribution is 2.88. The fourth-order valence-electron chi connectivity index (χ4n) is 10.4. The molecule has 0 aromatic carbocycles. The van der Waals surface area contributed by atoms with Gasteiger partial charge in [-0.2, -0.15) is 0 Å². The average Bonchev–Trinajstić information content (AvgIpc) is 3.27. The minimum absolute atomic E-state index is 0.0943. The highest BCUT2D eigenvalue weighted by molar-refractivity contribution is 5.37. The molecule has 5 aliphatic carbocycles. The molecule has 0 aromatic heterocycles. The molecular formula is C30H48O. The van der Waals surface area contributed by atoms with Gasteiger partial charge >= 0.3 is 0 Å². The fraction of sp³-hybridized carbons (Fsp3) is 0.867. The maximum atomic E-state index is 10.8. The lowest BCUT2D eigenvalue weighted by atomic mass is 9.41. The Kier molecular flexibility index (Phi) is 4.84. The maximum Gasteiger partial charge on any atom is 0.0594 e. The van der Waals surface area contributed by atoms with Crippen molar-refractivity contribution in [1.82, 2.24) is 0 Å². The summed E-state index contributed by atoms with van der Waals surface area (Å²) in [5.41, 5.74) is 5.36. The van der Waals surface area contributed by atoms with Crippen LogP contribution in [0, 0.1) is 44.8 Å². The Balaban J connectivity index is 1.41. The molecule has 1 unspecified atom stereocenters. The van der Waals surface area contributed by atoms with Crippen LogP contribution in [-0.2, 0) is 0 Å². The lowest BCUT2D eigenvalue weighted by Gasteiger charge is -2.63. The topological polar surface area (TPSA) is 20.2 Å². The van der Waals surface area contributed by atoms with Crippen LogP contribution in [0.3, 0.4) is 0 Å². The van der Waals surface area contributed by atoms with Gasteiger partial charge in [0.15, 0.2) is 0 Å². The van der Waals surface area contributed by atoms with Crippen molar-refractivity contribution in [1.29, 1.82) is 0 Å². The predicted molar refractivity (Wildman–Crippen MR) is 131 cm³/mol. The summed E-state index contributed by atoms with van der Waals surface area (Å²) in [4.78, 5) is 0. The number of aliphatic hydroxyl groups is 1. The Bertz CT molecular complexity index is 814. The fourth-order valence-corrected chi connectivity index (χ4v) is 10.4. The Morgan fingerprint density at radius 3 is 2.42 bits per heavy atom. The number of aliphatic hydroxyl groups excluding tert-OH is 1. The summed E-state index contributed by atoms with van der Waals surface area (Å²) in [6, 6.07) is 0. The van der Waals surface area contributed by atoms with E-state index in [0.717, 1.165) is 18.3 Å². The Labute approximate surface area is 192 Å². The molecule has 0 radical (unpaired) electrons. The van der Waals surface area contributed by atoms with Crippen molar-refractivity contribution in [2.75, 3.05) is 0 Å². The molecule has 5 aliphatic rings. The second-order valence-corrected chi connectivity index (χ2v) is 13.9. The Hall–Kier alpha value is -0.560. The van der Waals surface area contributed by atoms with Gasteiger partial charge in [0.1, 0.15) is 0 Å². The third-order valence-electron chi connectivity index (χ3n) is 12.4. The zero-order valence-electron chi connectivity index (χ0n) is 21.5. The van der Waals surface area contributed by atoms with Crippen LogP contribution in [0.1, 0.15) is 113 Å². The van der Waals surface area contributed by atoms with Gasteiger partial charge in [-0.15, -0.1) is 0 Å². The van der Waals surface area contributed by atoms with E-state index in [0.29, 0.717) is 27.6 Å². The third kappa shape index (κ3) is 2.65. The number of hydrogen-bond donors (Lipinski definition) is 1. The zero-order chi connectivity index (χ0) is 22.4. The van der Waals surface area contributed by atoms with Gasteiger partial charge in [-0.3, -0.25) is 0 Å². The standard InChI is InChI=1S/C30H48O/c1-20(2)9-8-10-21(3)22-13-15-28(7)24-12-11-23-26(4,5)25(31)14-16-29(23)19-30(24,29)18-17-27(22,28)6/h9,13,21,23-25,31H,8,10-12,14-19H2,1-7H3/t21-,23+,24?,25+,27-,28+,29-,30+/m1/s1. The van der Waals surface area contributed by atoms with E-state index in [1.807, 2.05) is 5.57 Å². The molecule has 4 saturated carbocycles. The summed E-state index contributed by atoms with van der Waals surface area (Å²) in [6.07, 6.45) is 18.3. The maximum absolute atomic E-state index is 10.8. The van der Waals surface area contributed by atoms with Crippen molar-refractivity contribution in [2.24, 2.45) is 44.8 Å². The average molecular weight is 425 g/mol. The van der Waals surface area contributed by atoms with Gasteiger partial charge in [0.2, 0.25) is 0 Å². The van der Waals surface area contributed by atoms with Crippen LogP contribution in [-0.4, -0.2) is 11.2 Å². The molecule has 0 aliphatic heterocycles. The molecule has 0 saturated heterocycles. The highest BCUT2D eigenvalue weighted by atomic mass is 16.3. The molecule has 5 rings (SSSR count). The summed E-state index contributed by atoms with van der Waals surface area (Å²) in [6.45, 7) is 17.1. The Morgan fingerprint density at radius 1 is 1.03 bits per heavy atom. The van der Waals surface area contributed by atoms with E-state index in [1.165, 1.54) is 63.4 Å². The van der Waals surface area contributed by atoms with Crippen molar-refractivity contribution < 1.29 is 5.11 Å². The number of hydrogen-bond acceptors (Lipinski definition) is 1. The monoisotopic (exact) mass is 424 g/mol. The molecule has 0 bridgehead atoms. The lowest BCUT2D eigenvalue weighted by Crippen LogP contribution is -2.57. The molecule has 0 aromatic rings. The molecule has 1 N–H and O–H groups in total. The van der Waals surface area contributed by atoms with Crippen molar-refractivity contribution in [3.05, 3.63) is 23.3 Å². The molecular weight excluding hydrogens is 376 g/mol. The summed E-state index contributed by atoms with van der Waals surface area (Å²) in [5.74, 6) is 2.34. The van der Waals surface area contributed by atoms with E-state index in [-0.39, 0.29) is 11.5 Å². The molecule has 2 spiro atoms. The van der Waals surface area contributed by atoms with Crippen LogP contribution in [0.5, 0.6) is 0 Å². The normalized spacial score (nSPS) is 50.3. The number of rotatable bonds is 4. The largest absolute Gasteiger partial charge is 0.393 e. The zero-order valence-corrected chi connectivity index (χ0v) is 21.5. The molecule has 0 heterocycles. The van der Waals surface area contributed by atoms with E-state index in [4.69, 9.17) is 0 Å². The highest BCUT2D eigenvalue weighted by Gasteiger charge is 2.81. The molecule has 31 heavy (non-hydrogen) atoms. The Morgan fingerprint density at radius 2 is 1.71 bits per heavy atom. The first-order valence-corrected chi connectivity index (χ1v) is 13.5. The first-order chi connectivity index (χ1) is 14.4. The van der Waals surface area contributed by atoms with Crippen LogP contribution >= 0.6 is 0 Å². The lowest BCUT2D eigenvalue weighted by molar-refractivity contribution is -0.150. The van der Waals surface area contributed by atoms with Crippen LogP contribution in [0.4, 0.5) is 0 Å². The number of fused-ring (bicyclic) bond motifs is 2. The summed E-state index contributed by atoms with van der Waals surface area (Å²) >= 11 is 0. The van der Waals surface area contributed by atoms with Crippen LogP contribution < -0.4 is 0 Å². The molecule has 4 fully saturated rings. The second kappa shape index (κ2) is 6.74. The number of allylic oxidation sites excluding steroid dienone is 4. The summed E-state index contributed by atoms with van der Waals surface area (Å²) in [7, 11) is 0. The molecule has 1 nitrogen and oxygen atoms in total. The summed E-state index contributed by atoms with van der Waals surface area (Å²) in [5, 5.41) is 10.8. The van der Waals surface area contributed by atoms with Gasteiger partial charge in [-0.05, 0) is 123 Å². The predicted octanol–water partition coefficient (Wildman–Crippen LogP) is 8.09. The van der Waals surface area contributed by atoms with E-state index in [1.54, 1.807) is 0 Å². The minimum Gasteiger partial charge on any atom is -0.393 e. The van der Waals surface area contributed by atoms with Crippen molar-refractivity contribution in [2.45, 2.75) is 119 Å². The van der Waals surface area contributed by atoms with Crippen molar-refractivity contribution in [3.63, 3.8) is 0 Å². The molecule has 0 amide bonds. The van der Waals surface area contributed by atoms with Crippen LogP contribution in [0.2, 0.25) is 0 Å². The van der Waals surface area contributed by atoms with Crippen LogP contribution in [0.15, 0.2) is 23.3 Å². The second-order valence-electron chi connectivity index (χ2n) is 13.9. The van der Waals surface area contributed by atoms with Gasteiger partial charge in [0.25, 0.3) is 0 Å². The van der Waals surface area contributed by atoms with E-state index in [2.05, 4.69) is 60.6 Å². The first-order valence-electron chi connectivity index (χ1n) is 13.5. The van der Waals surface area contributed by atoms with Gasteiger partial charge in [0, 0.05) is 0 Å². The molecule has 1 heteroatoms. The van der Waals surface area contributed by atoms with Gasteiger partial charge in [-0.25, -0.2) is 0 Å². The minimum atomic E-state index is -0.0943. The quantitative estimate of drug-likeness (QED) is 0.452. The van der Waals surface area contributed by atoms with Crippen LogP contribution in [0.25, 0.3) is 0 Å². The van der Waals surface area contributed by atoms with E-state index in [9.17, 15) is 5.11 Å². The van der Waals surface area contributed by atoms with E-state index >= 15 is 0 Å². The first kappa shape index (κ1) is 22.2. The third-order valence-corrected chi connectivity index (χ3v) is 12.4. The van der Waals surface area contributed by atoms with Crippen molar-refractivity contribution >= 4 is 0 Å². The smallest absolute Gasteiger partial charge is 0.0594 e. The molecule has 174 valence electrons. The van der Waals surface area contributed by atoms with Gasteiger partial charge in [-0.1, -0.05) is 57.9 Å².